The largest absolute Gasteiger partial charge is 0.480 e. The number of nitrogens with one attached hydrogen (secondary N) is 3. The van der Waals surface area contributed by atoms with Crippen molar-refractivity contribution in [2.45, 2.75) is 18.9 Å². The number of nitrogens with zero attached hydrogens (tertiary/aromatic N) is 2. The molecule has 2 amide bonds. The number of amides is 2. The average Bonchev–Trinajstić information content (AvgIpc) is 2.97. The summed E-state index contributed by atoms with van der Waals surface area (Å²) in [6, 6.07) is 6.14. The van der Waals surface area contributed by atoms with Gasteiger partial charge in [-0.1, -0.05) is 12.1 Å². The quantitative estimate of drug-likeness (QED) is 0.463. The van der Waals surface area contributed by atoms with E-state index in [2.05, 4.69) is 16.0 Å². The number of carbonyl (C=O) groups excluding carboxylic acids is 2. The van der Waals surface area contributed by atoms with Crippen LogP contribution in [0.3, 0.4) is 0 Å². The molecule has 0 bridgehead atoms. The molecule has 1 aromatic carbocycles. The Balaban J connectivity index is 1.56. The zero-order chi connectivity index (χ0) is 21.3. The van der Waals surface area contributed by atoms with Crippen LogP contribution in [0.15, 0.2) is 24.3 Å². The first-order chi connectivity index (χ1) is 14.6. The molecule has 2 aliphatic rings. The van der Waals surface area contributed by atoms with Gasteiger partial charge in [-0.3, -0.25) is 24.2 Å². The maximum absolute atomic E-state index is 12.5. The van der Waals surface area contributed by atoms with Crippen molar-refractivity contribution < 1.29 is 19.5 Å². The minimum atomic E-state index is -0.869. The number of hydrogen-bond donors (Lipinski definition) is 4. The second-order valence-electron chi connectivity index (χ2n) is 7.59. The van der Waals surface area contributed by atoms with E-state index < -0.39 is 12.0 Å². The van der Waals surface area contributed by atoms with Gasteiger partial charge in [0.05, 0.1) is 11.1 Å². The summed E-state index contributed by atoms with van der Waals surface area (Å²) in [7, 11) is 0. The van der Waals surface area contributed by atoms with Gasteiger partial charge < -0.3 is 21.1 Å². The number of carbonyl (C=O) groups is 3. The van der Waals surface area contributed by atoms with Gasteiger partial charge in [0.2, 0.25) is 0 Å². The van der Waals surface area contributed by atoms with Crippen LogP contribution in [0.25, 0.3) is 0 Å². The summed E-state index contributed by atoms with van der Waals surface area (Å²) in [5.74, 6) is -1.46. The van der Waals surface area contributed by atoms with Gasteiger partial charge in [0, 0.05) is 58.9 Å². The first-order valence-electron chi connectivity index (χ1n) is 10.6. The van der Waals surface area contributed by atoms with E-state index in [1.54, 1.807) is 24.3 Å². The second kappa shape index (κ2) is 11.2. The fourth-order valence-electron chi connectivity index (χ4n) is 3.94. The van der Waals surface area contributed by atoms with E-state index in [9.17, 15) is 19.5 Å². The normalized spacial score (nSPS) is 20.3. The lowest BCUT2D eigenvalue weighted by Crippen LogP contribution is -2.48. The number of aliphatic carboxylic acids is 1. The molecule has 2 heterocycles. The van der Waals surface area contributed by atoms with Gasteiger partial charge in [0.25, 0.3) is 11.8 Å². The van der Waals surface area contributed by atoms with Gasteiger partial charge in [-0.05, 0) is 25.0 Å². The third-order valence-electron chi connectivity index (χ3n) is 5.57. The number of carboxylic acid groups (broad SMARTS) is 1. The molecule has 2 aliphatic heterocycles. The molecule has 30 heavy (non-hydrogen) atoms. The predicted molar refractivity (Wildman–Crippen MR) is 113 cm³/mol. The summed E-state index contributed by atoms with van der Waals surface area (Å²) < 4.78 is 0. The van der Waals surface area contributed by atoms with Crippen LogP contribution < -0.4 is 16.0 Å². The van der Waals surface area contributed by atoms with Crippen LogP contribution in [0.1, 0.15) is 33.6 Å². The van der Waals surface area contributed by atoms with Crippen molar-refractivity contribution in [2.75, 3.05) is 58.9 Å². The highest BCUT2D eigenvalue weighted by molar-refractivity contribution is 6.21. The molecule has 9 heteroatoms. The molecule has 1 unspecified atom stereocenters. The van der Waals surface area contributed by atoms with Gasteiger partial charge >= 0.3 is 5.97 Å². The topological polar surface area (TPSA) is 114 Å². The summed E-state index contributed by atoms with van der Waals surface area (Å²) in [6.45, 7) is 6.35. The highest BCUT2D eigenvalue weighted by atomic mass is 16.4. The summed E-state index contributed by atoms with van der Waals surface area (Å²) in [6.07, 6.45) is 0.827. The molecular formula is C21H31N5O4. The molecule has 1 atom stereocenters. The summed E-state index contributed by atoms with van der Waals surface area (Å²) in [4.78, 5) is 40.2. The van der Waals surface area contributed by atoms with E-state index >= 15 is 0 Å². The van der Waals surface area contributed by atoms with Gasteiger partial charge in [-0.25, -0.2) is 0 Å². The highest BCUT2D eigenvalue weighted by Crippen LogP contribution is 2.23. The molecule has 0 spiro atoms. The van der Waals surface area contributed by atoms with Crippen molar-refractivity contribution in [3.8, 4) is 0 Å². The molecule has 9 nitrogen and oxygen atoms in total. The Labute approximate surface area is 176 Å². The Kier molecular flexibility index (Phi) is 8.32. The monoisotopic (exact) mass is 417 g/mol. The first-order valence-corrected chi connectivity index (χ1v) is 10.6. The van der Waals surface area contributed by atoms with Gasteiger partial charge in [0.15, 0.2) is 0 Å². The predicted octanol–water partition coefficient (Wildman–Crippen LogP) is -0.400. The number of benzene rings is 1. The summed E-state index contributed by atoms with van der Waals surface area (Å²) in [5.41, 5.74) is 0.846. The third-order valence-corrected chi connectivity index (χ3v) is 5.57. The van der Waals surface area contributed by atoms with Crippen LogP contribution in [-0.4, -0.2) is 97.6 Å². The summed E-state index contributed by atoms with van der Waals surface area (Å²) >= 11 is 0. The van der Waals surface area contributed by atoms with E-state index in [1.165, 1.54) is 4.90 Å². The lowest BCUT2D eigenvalue weighted by atomic mass is 10.1. The molecule has 164 valence electrons. The van der Waals surface area contributed by atoms with Crippen molar-refractivity contribution in [3.05, 3.63) is 35.4 Å². The molecule has 0 radical (unpaired) electrons. The molecular weight excluding hydrogens is 386 g/mol. The average molecular weight is 418 g/mol. The van der Waals surface area contributed by atoms with E-state index in [1.807, 2.05) is 4.90 Å². The number of fused-ring (bicyclic) bond motifs is 1. The maximum Gasteiger partial charge on any atom is 0.320 e. The number of rotatable bonds is 6. The lowest BCUT2D eigenvalue weighted by molar-refractivity contribution is -0.143. The van der Waals surface area contributed by atoms with Crippen LogP contribution in [0, 0.1) is 0 Å². The van der Waals surface area contributed by atoms with Crippen molar-refractivity contribution in [3.63, 3.8) is 0 Å². The van der Waals surface area contributed by atoms with E-state index in [0.29, 0.717) is 50.1 Å². The Bertz CT molecular complexity index is 710. The van der Waals surface area contributed by atoms with Crippen LogP contribution in [-0.2, 0) is 4.79 Å². The molecule has 4 N–H and O–H groups in total. The van der Waals surface area contributed by atoms with E-state index in [0.717, 1.165) is 26.2 Å². The standard InChI is InChI=1S/C21H31N5O4/c27-19-16-4-1-2-5-17(16)20(28)26(19)13-3-6-18(21(29)30)25-14-11-23-9-7-22-8-10-24-12-15-25/h1-2,4-5,18,22-24H,3,6-15H2,(H,29,30). The highest BCUT2D eigenvalue weighted by Gasteiger charge is 2.35. The van der Waals surface area contributed by atoms with E-state index in [-0.39, 0.29) is 18.4 Å². The van der Waals surface area contributed by atoms with Crippen LogP contribution in [0.5, 0.6) is 0 Å². The van der Waals surface area contributed by atoms with Gasteiger partial charge in [-0.2, -0.15) is 0 Å². The number of carboxylic acids is 1. The van der Waals surface area contributed by atoms with Crippen LogP contribution in [0.4, 0.5) is 0 Å². The van der Waals surface area contributed by atoms with Crippen molar-refractivity contribution in [1.29, 1.82) is 0 Å². The number of imide groups is 1. The van der Waals surface area contributed by atoms with Crippen molar-refractivity contribution in [2.24, 2.45) is 0 Å². The molecule has 3 rings (SSSR count). The number of hydrogen-bond acceptors (Lipinski definition) is 7. The molecule has 0 saturated carbocycles. The fraction of sp³-hybridized carbons (Fsp3) is 0.571. The van der Waals surface area contributed by atoms with Crippen molar-refractivity contribution >= 4 is 17.8 Å². The SMILES string of the molecule is O=C(O)C(CCCN1C(=O)c2ccccc2C1=O)N1CCNCCNCCNCC1. The zero-order valence-corrected chi connectivity index (χ0v) is 17.2. The lowest BCUT2D eigenvalue weighted by Gasteiger charge is -2.30. The molecule has 1 saturated heterocycles. The smallest absolute Gasteiger partial charge is 0.320 e. The van der Waals surface area contributed by atoms with Crippen molar-refractivity contribution in [1.82, 2.24) is 25.8 Å². The molecule has 1 fully saturated rings. The van der Waals surface area contributed by atoms with E-state index in [4.69, 9.17) is 0 Å². The maximum atomic E-state index is 12.5. The van der Waals surface area contributed by atoms with Crippen LogP contribution >= 0.6 is 0 Å². The minimum absolute atomic E-state index is 0.228. The Hall–Kier alpha value is -2.33. The Morgan fingerprint density at radius 1 is 0.900 bits per heavy atom. The second-order valence-corrected chi connectivity index (χ2v) is 7.59. The fourth-order valence-corrected chi connectivity index (χ4v) is 3.94. The zero-order valence-electron chi connectivity index (χ0n) is 17.2. The Morgan fingerprint density at radius 2 is 1.40 bits per heavy atom. The molecule has 0 aliphatic carbocycles. The minimum Gasteiger partial charge on any atom is -0.480 e. The first kappa shape index (κ1) is 22.4. The van der Waals surface area contributed by atoms with Gasteiger partial charge in [-0.15, -0.1) is 0 Å². The Morgan fingerprint density at radius 3 is 1.90 bits per heavy atom. The van der Waals surface area contributed by atoms with Gasteiger partial charge in [0.1, 0.15) is 6.04 Å². The summed E-state index contributed by atoms with van der Waals surface area (Å²) in [5, 5.41) is 19.8. The van der Waals surface area contributed by atoms with Crippen LogP contribution in [0.2, 0.25) is 0 Å². The molecule has 0 aromatic heterocycles. The molecule has 1 aromatic rings. The third kappa shape index (κ3) is 5.63.